The van der Waals surface area contributed by atoms with E-state index in [2.05, 4.69) is 4.72 Å². The van der Waals surface area contributed by atoms with Crippen molar-refractivity contribution < 1.29 is 17.9 Å². The van der Waals surface area contributed by atoms with Crippen LogP contribution in [0.25, 0.3) is 0 Å². The summed E-state index contributed by atoms with van der Waals surface area (Å²) in [6, 6.07) is 6.86. The minimum Gasteiger partial charge on any atom is -0.490 e. The summed E-state index contributed by atoms with van der Waals surface area (Å²) in [6.45, 7) is 0.179. The minimum absolute atomic E-state index is 0.000629. The van der Waals surface area contributed by atoms with Crippen LogP contribution in [0.15, 0.2) is 24.3 Å². The molecule has 0 aliphatic rings. The summed E-state index contributed by atoms with van der Waals surface area (Å²) >= 11 is 0. The van der Waals surface area contributed by atoms with Gasteiger partial charge in [-0.15, -0.1) is 0 Å². The number of hydrogen-bond donors (Lipinski definition) is 3. The van der Waals surface area contributed by atoms with Crippen LogP contribution in [0, 0.1) is 0 Å². The summed E-state index contributed by atoms with van der Waals surface area (Å²) in [5.74, 6) is -0.179. The number of amides is 1. The molecule has 0 heterocycles. The van der Waals surface area contributed by atoms with Gasteiger partial charge in [0, 0.05) is 13.0 Å². The number of rotatable bonds is 9. The number of hydrogen-bond acceptors (Lipinski definition) is 5. The maximum absolute atomic E-state index is 11.6. The first-order chi connectivity index (χ1) is 9.41. The van der Waals surface area contributed by atoms with Gasteiger partial charge >= 0.3 is 0 Å². The second-order valence-electron chi connectivity index (χ2n) is 4.17. The molecule has 0 saturated carbocycles. The van der Waals surface area contributed by atoms with Gasteiger partial charge in [-0.05, 0) is 18.6 Å². The number of sulfonamides is 1. The topological polar surface area (TPSA) is 125 Å². The van der Waals surface area contributed by atoms with Crippen LogP contribution in [-0.2, 0) is 14.8 Å². The number of primary amides is 1. The Morgan fingerprint density at radius 2 is 2.00 bits per heavy atom. The molecule has 20 heavy (non-hydrogen) atoms. The molecule has 0 spiro atoms. The number of benzene rings is 1. The summed E-state index contributed by atoms with van der Waals surface area (Å²) in [6.07, 6.45) is 0.528. The van der Waals surface area contributed by atoms with Gasteiger partial charge in [0.1, 0.15) is 12.4 Å². The average Bonchev–Trinajstić information content (AvgIpc) is 2.37. The number of nitrogens with two attached hydrogens (primary N) is 2. The molecule has 1 aromatic rings. The van der Waals surface area contributed by atoms with Crippen molar-refractivity contribution >= 4 is 21.6 Å². The van der Waals surface area contributed by atoms with Crippen LogP contribution in [0.4, 0.5) is 5.69 Å². The fourth-order valence-electron chi connectivity index (χ4n) is 1.44. The Morgan fingerprint density at radius 1 is 1.30 bits per heavy atom. The van der Waals surface area contributed by atoms with E-state index in [4.69, 9.17) is 16.2 Å². The summed E-state index contributed by atoms with van der Waals surface area (Å²) in [5, 5.41) is 0. The van der Waals surface area contributed by atoms with Gasteiger partial charge in [-0.3, -0.25) is 4.79 Å². The second kappa shape index (κ2) is 7.71. The quantitative estimate of drug-likeness (QED) is 0.431. The summed E-state index contributed by atoms with van der Waals surface area (Å²) in [5.41, 5.74) is 11.1. The fourth-order valence-corrected chi connectivity index (χ4v) is 2.34. The number of carbonyl (C=O) groups excluding carboxylic acids is 1. The lowest BCUT2D eigenvalue weighted by Gasteiger charge is -2.09. The number of ether oxygens (including phenoxy) is 1. The van der Waals surface area contributed by atoms with Gasteiger partial charge in [0.05, 0.1) is 11.4 Å². The molecule has 0 aromatic heterocycles. The lowest BCUT2D eigenvalue weighted by atomic mass is 10.3. The first kappa shape index (κ1) is 16.3. The molecule has 0 aliphatic heterocycles. The third-order valence-corrected chi connectivity index (χ3v) is 3.80. The van der Waals surface area contributed by atoms with Gasteiger partial charge < -0.3 is 16.2 Å². The number of nitrogens with one attached hydrogen (secondary N) is 1. The largest absolute Gasteiger partial charge is 0.490 e. The highest BCUT2D eigenvalue weighted by atomic mass is 32.2. The van der Waals surface area contributed by atoms with E-state index in [1.54, 1.807) is 24.3 Å². The second-order valence-corrected chi connectivity index (χ2v) is 6.10. The van der Waals surface area contributed by atoms with E-state index in [-0.39, 0.29) is 25.3 Å². The fraction of sp³-hybridized carbons (Fsp3) is 0.417. The lowest BCUT2D eigenvalue weighted by molar-refractivity contribution is -0.118. The highest BCUT2D eigenvalue weighted by Crippen LogP contribution is 2.19. The van der Waals surface area contributed by atoms with E-state index in [0.717, 1.165) is 0 Å². The molecule has 0 atom stereocenters. The maximum atomic E-state index is 11.6. The van der Waals surface area contributed by atoms with E-state index in [1.807, 2.05) is 0 Å². The Morgan fingerprint density at radius 3 is 2.65 bits per heavy atom. The Labute approximate surface area is 118 Å². The standard InChI is InChI=1S/C12H19N3O4S/c13-10-4-1-2-5-11(10)19-8-9-20(17,18)15-7-3-6-12(14)16/h1-2,4-5,15H,3,6-9,13H2,(H2,14,16). The van der Waals surface area contributed by atoms with Crippen LogP contribution in [-0.4, -0.2) is 33.2 Å². The molecule has 1 rings (SSSR count). The summed E-state index contributed by atoms with van der Waals surface area (Å²) < 4.78 is 30.9. The van der Waals surface area contributed by atoms with Crippen molar-refractivity contribution in [2.24, 2.45) is 5.73 Å². The van der Waals surface area contributed by atoms with Gasteiger partial charge in [-0.2, -0.15) is 0 Å². The monoisotopic (exact) mass is 301 g/mol. The average molecular weight is 301 g/mol. The van der Waals surface area contributed by atoms with Crippen LogP contribution in [0.2, 0.25) is 0 Å². The molecular formula is C12H19N3O4S. The first-order valence-electron chi connectivity index (χ1n) is 6.13. The van der Waals surface area contributed by atoms with Crippen LogP contribution in [0.3, 0.4) is 0 Å². The van der Waals surface area contributed by atoms with Gasteiger partial charge in [0.15, 0.2) is 0 Å². The Kier molecular flexibility index (Phi) is 6.26. The number of nitrogen functional groups attached to an aromatic ring is 1. The van der Waals surface area contributed by atoms with Crippen molar-refractivity contribution in [3.63, 3.8) is 0 Å². The number of para-hydroxylation sites is 2. The van der Waals surface area contributed by atoms with E-state index >= 15 is 0 Å². The molecular weight excluding hydrogens is 282 g/mol. The van der Waals surface area contributed by atoms with Gasteiger partial charge in [0.25, 0.3) is 0 Å². The molecule has 112 valence electrons. The smallest absolute Gasteiger partial charge is 0.217 e. The van der Waals surface area contributed by atoms with E-state index < -0.39 is 15.9 Å². The molecule has 0 fully saturated rings. The first-order valence-corrected chi connectivity index (χ1v) is 7.79. The zero-order chi connectivity index (χ0) is 15.0. The molecule has 0 saturated heterocycles. The van der Waals surface area contributed by atoms with Crippen LogP contribution in [0.1, 0.15) is 12.8 Å². The molecule has 0 radical (unpaired) electrons. The highest BCUT2D eigenvalue weighted by Gasteiger charge is 2.10. The van der Waals surface area contributed by atoms with E-state index in [1.165, 1.54) is 0 Å². The van der Waals surface area contributed by atoms with Gasteiger partial charge in [-0.1, -0.05) is 12.1 Å². The molecule has 7 nitrogen and oxygen atoms in total. The maximum Gasteiger partial charge on any atom is 0.217 e. The zero-order valence-corrected chi connectivity index (χ0v) is 11.9. The Hall–Kier alpha value is -1.80. The molecule has 0 unspecified atom stereocenters. The molecule has 0 bridgehead atoms. The van der Waals surface area contributed by atoms with Crippen LogP contribution < -0.4 is 20.9 Å². The number of carbonyl (C=O) groups is 1. The van der Waals surface area contributed by atoms with Crippen molar-refractivity contribution in [1.29, 1.82) is 0 Å². The Bertz CT molecular complexity index is 545. The normalized spacial score (nSPS) is 11.2. The highest BCUT2D eigenvalue weighted by molar-refractivity contribution is 7.89. The molecule has 8 heteroatoms. The summed E-state index contributed by atoms with van der Waals surface area (Å²) in [4.78, 5) is 10.5. The van der Waals surface area contributed by atoms with Crippen LogP contribution >= 0.6 is 0 Å². The molecule has 0 aliphatic carbocycles. The summed E-state index contributed by atoms with van der Waals surface area (Å²) in [7, 11) is -3.43. The van der Waals surface area contributed by atoms with E-state index in [0.29, 0.717) is 17.9 Å². The Balaban J connectivity index is 2.29. The van der Waals surface area contributed by atoms with Crippen molar-refractivity contribution in [3.05, 3.63) is 24.3 Å². The van der Waals surface area contributed by atoms with Crippen molar-refractivity contribution in [1.82, 2.24) is 4.72 Å². The third kappa shape index (κ3) is 6.39. The predicted molar refractivity (Wildman–Crippen MR) is 76.6 cm³/mol. The molecule has 5 N–H and O–H groups in total. The SMILES string of the molecule is NC(=O)CCCNS(=O)(=O)CCOc1ccccc1N. The van der Waals surface area contributed by atoms with Crippen molar-refractivity contribution in [3.8, 4) is 5.75 Å². The van der Waals surface area contributed by atoms with Gasteiger partial charge in [0.2, 0.25) is 15.9 Å². The third-order valence-electron chi connectivity index (χ3n) is 2.45. The molecule has 1 aromatic carbocycles. The van der Waals surface area contributed by atoms with Gasteiger partial charge in [-0.25, -0.2) is 13.1 Å². The van der Waals surface area contributed by atoms with Crippen molar-refractivity contribution in [2.75, 3.05) is 24.6 Å². The van der Waals surface area contributed by atoms with Crippen LogP contribution in [0.5, 0.6) is 5.75 Å². The predicted octanol–water partition coefficient (Wildman–Crippen LogP) is -0.167. The van der Waals surface area contributed by atoms with Crippen molar-refractivity contribution in [2.45, 2.75) is 12.8 Å². The zero-order valence-electron chi connectivity index (χ0n) is 11.0. The molecule has 1 amide bonds. The van der Waals surface area contributed by atoms with E-state index in [9.17, 15) is 13.2 Å². The lowest BCUT2D eigenvalue weighted by Crippen LogP contribution is -2.30. The minimum atomic E-state index is -3.43. The number of anilines is 1.